The number of nitrogens with one attached hydrogen (secondary N) is 3. The summed E-state index contributed by atoms with van der Waals surface area (Å²) in [6.07, 6.45) is 2.42. The van der Waals surface area contributed by atoms with Gasteiger partial charge >= 0.3 is 6.03 Å². The number of hydrazine groups is 1. The zero-order chi connectivity index (χ0) is 24.7. The number of sulfonamides is 1. The van der Waals surface area contributed by atoms with E-state index in [0.717, 1.165) is 24.0 Å². The van der Waals surface area contributed by atoms with Crippen LogP contribution in [0.25, 0.3) is 0 Å². The molecular weight excluding hydrogens is 456 g/mol. The van der Waals surface area contributed by atoms with Gasteiger partial charge in [0.05, 0.1) is 17.6 Å². The Hall–Kier alpha value is -3.11. The lowest BCUT2D eigenvalue weighted by Crippen LogP contribution is -2.51. The molecule has 1 heterocycles. The van der Waals surface area contributed by atoms with Crippen LogP contribution in [0.5, 0.6) is 5.75 Å². The van der Waals surface area contributed by atoms with E-state index in [0.29, 0.717) is 43.3 Å². The molecule has 3 amide bonds. The molecule has 1 fully saturated rings. The van der Waals surface area contributed by atoms with E-state index in [1.54, 1.807) is 29.3 Å². The Morgan fingerprint density at radius 3 is 2.41 bits per heavy atom. The van der Waals surface area contributed by atoms with Crippen LogP contribution in [0, 0.1) is 12.8 Å². The topological polar surface area (TPSA) is 117 Å². The third-order valence-corrected chi connectivity index (χ3v) is 7.21. The number of piperidine rings is 1. The van der Waals surface area contributed by atoms with Crippen LogP contribution in [-0.2, 0) is 16.4 Å². The van der Waals surface area contributed by atoms with Crippen LogP contribution >= 0.6 is 0 Å². The van der Waals surface area contributed by atoms with Crippen LogP contribution < -0.4 is 20.2 Å². The van der Waals surface area contributed by atoms with E-state index in [2.05, 4.69) is 22.4 Å². The maximum absolute atomic E-state index is 12.5. The number of urea groups is 1. The summed E-state index contributed by atoms with van der Waals surface area (Å²) >= 11 is 0. The molecule has 2 aromatic rings. The van der Waals surface area contributed by atoms with Gasteiger partial charge in [0.2, 0.25) is 0 Å². The number of carbonyl (C=O) groups excluding carboxylic acids is 2. The van der Waals surface area contributed by atoms with E-state index in [1.807, 2.05) is 13.0 Å². The van der Waals surface area contributed by atoms with Crippen LogP contribution in [0.1, 0.15) is 41.3 Å². The van der Waals surface area contributed by atoms with Gasteiger partial charge in [-0.15, -0.1) is 0 Å². The highest BCUT2D eigenvalue weighted by Gasteiger charge is 2.21. The lowest BCUT2D eigenvalue weighted by Gasteiger charge is -2.30. The maximum atomic E-state index is 12.5. The second kappa shape index (κ2) is 11.3. The Kier molecular flexibility index (Phi) is 8.51. The molecule has 2 aromatic carbocycles. The molecule has 3 N–H and O–H groups in total. The molecule has 34 heavy (non-hydrogen) atoms. The highest BCUT2D eigenvalue weighted by molar-refractivity contribution is 7.90. The molecule has 10 heteroatoms. The van der Waals surface area contributed by atoms with Crippen LogP contribution in [0.15, 0.2) is 47.4 Å². The van der Waals surface area contributed by atoms with Crippen molar-refractivity contribution < 1.29 is 22.7 Å². The highest BCUT2D eigenvalue weighted by Crippen LogP contribution is 2.22. The Labute approximate surface area is 200 Å². The van der Waals surface area contributed by atoms with Crippen molar-refractivity contribution in [1.82, 2.24) is 20.5 Å². The summed E-state index contributed by atoms with van der Waals surface area (Å²) in [6, 6.07) is 10.8. The van der Waals surface area contributed by atoms with E-state index in [1.165, 1.54) is 19.2 Å². The average molecular weight is 489 g/mol. The largest absolute Gasteiger partial charge is 0.496 e. The second-order valence-electron chi connectivity index (χ2n) is 8.52. The number of hydrogen-bond acceptors (Lipinski definition) is 6. The van der Waals surface area contributed by atoms with Crippen molar-refractivity contribution in [2.24, 2.45) is 5.92 Å². The first kappa shape index (κ1) is 25.5. The first-order valence-corrected chi connectivity index (χ1v) is 12.8. The third kappa shape index (κ3) is 6.71. The normalized spacial score (nSPS) is 14.9. The molecule has 0 saturated carbocycles. The van der Waals surface area contributed by atoms with Crippen LogP contribution in [-0.4, -0.2) is 52.1 Å². The average Bonchev–Trinajstić information content (AvgIpc) is 2.80. The number of rotatable bonds is 8. The Morgan fingerprint density at radius 2 is 1.76 bits per heavy atom. The zero-order valence-electron chi connectivity index (χ0n) is 19.8. The smallest absolute Gasteiger partial charge is 0.343 e. The fraction of sp³-hybridized carbons (Fsp3) is 0.417. The van der Waals surface area contributed by atoms with E-state index >= 15 is 0 Å². The number of nitrogens with zero attached hydrogens (tertiary/aromatic N) is 1. The SMILES string of the molecule is COc1c(C)cccc1C(=O)NCCc1ccc(S(=O)(=O)NC(=O)NN2CCC(C)CC2)cc1. The summed E-state index contributed by atoms with van der Waals surface area (Å²) in [5.41, 5.74) is 4.78. The fourth-order valence-corrected chi connectivity index (χ4v) is 4.72. The van der Waals surface area contributed by atoms with Gasteiger partial charge in [0.25, 0.3) is 15.9 Å². The van der Waals surface area contributed by atoms with E-state index in [9.17, 15) is 18.0 Å². The van der Waals surface area contributed by atoms with Crippen molar-refractivity contribution >= 4 is 22.0 Å². The quantitative estimate of drug-likeness (QED) is 0.526. The van der Waals surface area contributed by atoms with Crippen molar-refractivity contribution in [2.75, 3.05) is 26.7 Å². The highest BCUT2D eigenvalue weighted by atomic mass is 32.2. The molecule has 9 nitrogen and oxygen atoms in total. The van der Waals surface area contributed by atoms with Crippen molar-refractivity contribution in [3.63, 3.8) is 0 Å². The van der Waals surface area contributed by atoms with Gasteiger partial charge in [-0.3, -0.25) is 10.2 Å². The van der Waals surface area contributed by atoms with Gasteiger partial charge in [0, 0.05) is 19.6 Å². The predicted molar refractivity (Wildman–Crippen MR) is 129 cm³/mol. The minimum absolute atomic E-state index is 0.00722. The monoisotopic (exact) mass is 488 g/mol. The number of benzene rings is 2. The van der Waals surface area contributed by atoms with Crippen LogP contribution in [0.4, 0.5) is 4.79 Å². The van der Waals surface area contributed by atoms with E-state index in [4.69, 9.17) is 4.74 Å². The Morgan fingerprint density at radius 1 is 1.09 bits per heavy atom. The van der Waals surface area contributed by atoms with Crippen molar-refractivity contribution in [3.8, 4) is 5.75 Å². The molecule has 0 bridgehead atoms. The van der Waals surface area contributed by atoms with Crippen molar-refractivity contribution in [3.05, 3.63) is 59.2 Å². The van der Waals surface area contributed by atoms with E-state index in [-0.39, 0.29) is 10.8 Å². The molecule has 1 saturated heterocycles. The van der Waals surface area contributed by atoms with Gasteiger partial charge in [-0.25, -0.2) is 22.9 Å². The molecule has 0 spiro atoms. The zero-order valence-corrected chi connectivity index (χ0v) is 20.6. The first-order valence-electron chi connectivity index (χ1n) is 11.3. The summed E-state index contributed by atoms with van der Waals surface area (Å²) in [6.45, 7) is 5.78. The molecule has 0 unspecified atom stereocenters. The Balaban J connectivity index is 1.50. The molecule has 1 aliphatic rings. The number of carbonyl (C=O) groups is 2. The van der Waals surface area contributed by atoms with Gasteiger partial charge in [0.15, 0.2) is 0 Å². The summed E-state index contributed by atoms with van der Waals surface area (Å²) < 4.78 is 32.5. The molecule has 3 rings (SSSR count). The minimum Gasteiger partial charge on any atom is -0.496 e. The summed E-state index contributed by atoms with van der Waals surface area (Å²) in [5.74, 6) is 0.904. The standard InChI is InChI=1S/C24H32N4O5S/c1-17-12-15-28(16-13-17)26-24(30)27-34(31,32)20-9-7-19(8-10-20)11-14-25-23(29)21-6-4-5-18(2)22(21)33-3/h4-10,17H,11-16H2,1-3H3,(H,25,29)(H2,26,27,30). The number of aryl methyl sites for hydroxylation is 1. The number of para-hydroxylation sites is 1. The van der Waals surface area contributed by atoms with Crippen molar-refractivity contribution in [1.29, 1.82) is 0 Å². The van der Waals surface area contributed by atoms with Crippen LogP contribution in [0.3, 0.4) is 0 Å². The van der Waals surface area contributed by atoms with Crippen molar-refractivity contribution in [2.45, 2.75) is 38.0 Å². The summed E-state index contributed by atoms with van der Waals surface area (Å²) in [5, 5.41) is 4.59. The molecule has 0 radical (unpaired) electrons. The number of hydrogen-bond donors (Lipinski definition) is 3. The van der Waals surface area contributed by atoms with Gasteiger partial charge in [-0.05, 0) is 61.4 Å². The molecule has 1 aliphatic heterocycles. The molecular formula is C24H32N4O5S. The molecule has 0 atom stereocenters. The lowest BCUT2D eigenvalue weighted by molar-refractivity contribution is 0.0951. The summed E-state index contributed by atoms with van der Waals surface area (Å²) in [7, 11) is -2.46. The minimum atomic E-state index is -3.99. The fourth-order valence-electron chi connectivity index (χ4n) is 3.82. The maximum Gasteiger partial charge on any atom is 0.343 e. The number of amides is 3. The number of ether oxygens (including phenoxy) is 1. The van der Waals surface area contributed by atoms with E-state index < -0.39 is 16.1 Å². The lowest BCUT2D eigenvalue weighted by atomic mass is 10.0. The molecule has 0 aliphatic carbocycles. The van der Waals surface area contributed by atoms with Gasteiger partial charge in [-0.2, -0.15) is 0 Å². The molecule has 0 aromatic heterocycles. The van der Waals surface area contributed by atoms with Crippen LogP contribution in [0.2, 0.25) is 0 Å². The third-order valence-electron chi connectivity index (χ3n) is 5.86. The summed E-state index contributed by atoms with van der Waals surface area (Å²) in [4.78, 5) is 24.6. The van der Waals surface area contributed by atoms with Gasteiger partial charge in [0.1, 0.15) is 5.75 Å². The first-order chi connectivity index (χ1) is 16.2. The predicted octanol–water partition coefficient (Wildman–Crippen LogP) is 2.61. The Bertz CT molecular complexity index is 1110. The molecule has 184 valence electrons. The second-order valence-corrected chi connectivity index (χ2v) is 10.2. The van der Waals surface area contributed by atoms with Gasteiger partial charge in [-0.1, -0.05) is 31.2 Å². The van der Waals surface area contributed by atoms with Gasteiger partial charge < -0.3 is 10.1 Å². The number of methoxy groups -OCH3 is 1.